The number of carbonyl (C=O) groups excluding carboxylic acids is 2. The maximum absolute atomic E-state index is 12.9. The first-order chi connectivity index (χ1) is 18.0. The molecule has 0 unspecified atom stereocenters. The van der Waals surface area contributed by atoms with Gasteiger partial charge in [0.15, 0.2) is 17.0 Å². The molecular weight excluding hydrogens is 494 g/mol. The lowest BCUT2D eigenvalue weighted by Crippen LogP contribution is -2.40. The number of hydrogen-bond donors (Lipinski definition) is 1. The van der Waals surface area contributed by atoms with Crippen LogP contribution in [0.3, 0.4) is 0 Å². The van der Waals surface area contributed by atoms with E-state index < -0.39 is 17.8 Å². The molecule has 206 valence electrons. The smallest absolute Gasteiger partial charge is 0.417 e. The summed E-state index contributed by atoms with van der Waals surface area (Å²) in [4.78, 5) is 40.9. The van der Waals surface area contributed by atoms with E-state index in [1.165, 1.54) is 9.80 Å². The second-order valence-electron chi connectivity index (χ2n) is 9.56. The second kappa shape index (κ2) is 12.4. The summed E-state index contributed by atoms with van der Waals surface area (Å²) in [7, 11) is 4.72. The Hall–Kier alpha value is -4.13. The van der Waals surface area contributed by atoms with Crippen LogP contribution in [-0.2, 0) is 16.0 Å². The number of anilines is 1. The molecule has 13 nitrogen and oxygen atoms in total. The third kappa shape index (κ3) is 7.68. The zero-order chi connectivity index (χ0) is 27.9. The minimum Gasteiger partial charge on any atom is -0.461 e. The van der Waals surface area contributed by atoms with Gasteiger partial charge in [0.25, 0.3) is 0 Å². The lowest BCUT2D eigenvalue weighted by atomic mass is 10.2. The Balaban J connectivity index is 1.81. The summed E-state index contributed by atoms with van der Waals surface area (Å²) in [5, 5.41) is 0. The number of nitrogens with zero attached hydrogens (tertiary/aromatic N) is 6. The fraction of sp³-hybridized carbons (Fsp3) is 0.480. The third-order valence-electron chi connectivity index (χ3n) is 5.23. The molecule has 0 bridgehead atoms. The average Bonchev–Trinajstić information content (AvgIpc) is 3.19. The van der Waals surface area contributed by atoms with Crippen molar-refractivity contribution in [3.63, 3.8) is 0 Å². The standard InChI is InChI=1S/C25H35N7O6/c1-25(2,3)38-24(34)31(5)13-12-30(4)23(33)37-22-27-18-19(26)28-21(36-15-14-35-6)29-20(18)32(22)16-17-10-8-7-9-11-17/h7-11H,12-16H2,1-6H3,(H2,26,28,29). The summed E-state index contributed by atoms with van der Waals surface area (Å²) in [6.07, 6.45) is -1.16. The number of hydrogen-bond acceptors (Lipinski definition) is 10. The Kier molecular flexibility index (Phi) is 9.29. The van der Waals surface area contributed by atoms with Crippen LogP contribution >= 0.6 is 0 Å². The van der Waals surface area contributed by atoms with E-state index in [9.17, 15) is 9.59 Å². The summed E-state index contributed by atoms with van der Waals surface area (Å²) >= 11 is 0. The predicted molar refractivity (Wildman–Crippen MR) is 140 cm³/mol. The van der Waals surface area contributed by atoms with Crippen LogP contribution in [0.2, 0.25) is 0 Å². The molecule has 1 aromatic carbocycles. The number of nitrogens with two attached hydrogens (primary N) is 1. The molecule has 3 aromatic rings. The van der Waals surface area contributed by atoms with E-state index in [4.69, 9.17) is 24.7 Å². The molecule has 13 heteroatoms. The van der Waals surface area contributed by atoms with Gasteiger partial charge >= 0.3 is 24.2 Å². The van der Waals surface area contributed by atoms with Crippen molar-refractivity contribution in [1.29, 1.82) is 0 Å². The van der Waals surface area contributed by atoms with Crippen molar-refractivity contribution in [3.05, 3.63) is 35.9 Å². The van der Waals surface area contributed by atoms with Crippen LogP contribution < -0.4 is 15.2 Å². The molecule has 0 aliphatic heterocycles. The third-order valence-corrected chi connectivity index (χ3v) is 5.23. The van der Waals surface area contributed by atoms with Crippen LogP contribution in [0.1, 0.15) is 26.3 Å². The van der Waals surface area contributed by atoms with Gasteiger partial charge in [0, 0.05) is 34.3 Å². The van der Waals surface area contributed by atoms with Gasteiger partial charge in [-0.2, -0.15) is 15.0 Å². The molecule has 0 spiro atoms. The number of imidazole rings is 1. The number of likely N-dealkylation sites (N-methyl/N-ethyl adjacent to an activating group) is 2. The van der Waals surface area contributed by atoms with Crippen molar-refractivity contribution >= 4 is 29.2 Å². The predicted octanol–water partition coefficient (Wildman–Crippen LogP) is 2.78. The summed E-state index contributed by atoms with van der Waals surface area (Å²) in [6, 6.07) is 9.61. The summed E-state index contributed by atoms with van der Waals surface area (Å²) < 4.78 is 23.2. The quantitative estimate of drug-likeness (QED) is 0.389. The molecule has 0 aliphatic rings. The van der Waals surface area contributed by atoms with Gasteiger partial charge in [-0.3, -0.25) is 4.57 Å². The topological polar surface area (TPSA) is 147 Å². The van der Waals surface area contributed by atoms with Gasteiger partial charge in [-0.05, 0) is 26.3 Å². The Morgan fingerprint density at radius 1 is 0.974 bits per heavy atom. The van der Waals surface area contributed by atoms with Gasteiger partial charge in [0.2, 0.25) is 0 Å². The molecule has 0 atom stereocenters. The first-order valence-corrected chi connectivity index (χ1v) is 12.0. The number of aromatic nitrogens is 4. The number of methoxy groups -OCH3 is 1. The zero-order valence-corrected chi connectivity index (χ0v) is 22.6. The lowest BCUT2D eigenvalue weighted by Gasteiger charge is -2.26. The van der Waals surface area contributed by atoms with Crippen molar-refractivity contribution in [1.82, 2.24) is 29.3 Å². The molecule has 2 heterocycles. The lowest BCUT2D eigenvalue weighted by molar-refractivity contribution is 0.0287. The van der Waals surface area contributed by atoms with Crippen LogP contribution in [0.25, 0.3) is 11.2 Å². The van der Waals surface area contributed by atoms with Gasteiger partial charge in [-0.15, -0.1) is 0 Å². The Morgan fingerprint density at radius 3 is 2.26 bits per heavy atom. The molecule has 0 radical (unpaired) electrons. The number of rotatable bonds is 10. The molecule has 0 saturated heterocycles. The van der Waals surface area contributed by atoms with Crippen molar-refractivity contribution in [3.8, 4) is 12.0 Å². The van der Waals surface area contributed by atoms with Crippen molar-refractivity contribution < 1.29 is 28.5 Å². The molecule has 2 aromatic heterocycles. The summed E-state index contributed by atoms with van der Waals surface area (Å²) in [5.74, 6) is 0.0823. The molecule has 0 aliphatic carbocycles. The van der Waals surface area contributed by atoms with Crippen LogP contribution in [0.4, 0.5) is 15.4 Å². The van der Waals surface area contributed by atoms with Gasteiger partial charge in [0.05, 0.1) is 13.2 Å². The van der Waals surface area contributed by atoms with Gasteiger partial charge in [-0.25, -0.2) is 9.59 Å². The summed E-state index contributed by atoms with van der Waals surface area (Å²) in [6.45, 7) is 6.69. The first-order valence-electron chi connectivity index (χ1n) is 12.0. The molecular formula is C25H35N7O6. The van der Waals surface area contributed by atoms with E-state index >= 15 is 0 Å². The van der Waals surface area contributed by atoms with Crippen LogP contribution in [0, 0.1) is 0 Å². The molecule has 0 saturated carbocycles. The van der Waals surface area contributed by atoms with Gasteiger partial charge < -0.3 is 34.5 Å². The fourth-order valence-electron chi connectivity index (χ4n) is 3.23. The summed E-state index contributed by atoms with van der Waals surface area (Å²) in [5.41, 5.74) is 7.07. The molecule has 2 amide bonds. The Bertz CT molecular complexity index is 1240. The average molecular weight is 530 g/mol. The largest absolute Gasteiger partial charge is 0.461 e. The highest BCUT2D eigenvalue weighted by Gasteiger charge is 2.24. The number of amides is 2. The second-order valence-corrected chi connectivity index (χ2v) is 9.56. The fourth-order valence-corrected chi connectivity index (χ4v) is 3.23. The van der Waals surface area contributed by atoms with Crippen LogP contribution in [0.15, 0.2) is 30.3 Å². The van der Waals surface area contributed by atoms with E-state index in [-0.39, 0.29) is 43.1 Å². The Morgan fingerprint density at radius 2 is 1.63 bits per heavy atom. The first kappa shape index (κ1) is 28.4. The van der Waals surface area contributed by atoms with Crippen molar-refractivity contribution in [2.24, 2.45) is 0 Å². The number of benzene rings is 1. The van der Waals surface area contributed by atoms with E-state index in [0.717, 1.165) is 5.56 Å². The van der Waals surface area contributed by atoms with E-state index in [1.54, 1.807) is 46.5 Å². The molecule has 0 fully saturated rings. The number of nitrogen functional groups attached to an aromatic ring is 1. The number of fused-ring (bicyclic) bond motifs is 1. The van der Waals surface area contributed by atoms with Crippen molar-refractivity contribution in [2.75, 3.05) is 53.2 Å². The van der Waals surface area contributed by atoms with E-state index in [1.807, 2.05) is 30.3 Å². The number of ether oxygens (including phenoxy) is 4. The van der Waals surface area contributed by atoms with Crippen molar-refractivity contribution in [2.45, 2.75) is 32.9 Å². The highest BCUT2D eigenvalue weighted by atomic mass is 16.6. The molecule has 38 heavy (non-hydrogen) atoms. The molecule has 3 rings (SSSR count). The van der Waals surface area contributed by atoms with Crippen LogP contribution in [0.5, 0.6) is 12.0 Å². The van der Waals surface area contributed by atoms with Gasteiger partial charge in [-0.1, -0.05) is 30.3 Å². The molecule has 2 N–H and O–H groups in total. The maximum Gasteiger partial charge on any atom is 0.417 e. The van der Waals surface area contributed by atoms with E-state index in [0.29, 0.717) is 18.8 Å². The zero-order valence-electron chi connectivity index (χ0n) is 22.6. The van der Waals surface area contributed by atoms with E-state index in [2.05, 4.69) is 15.0 Å². The van der Waals surface area contributed by atoms with Gasteiger partial charge in [0.1, 0.15) is 12.2 Å². The highest BCUT2D eigenvalue weighted by Crippen LogP contribution is 2.27. The normalized spacial score (nSPS) is 11.3. The maximum atomic E-state index is 12.9. The van der Waals surface area contributed by atoms with Crippen LogP contribution in [-0.4, -0.2) is 94.6 Å². The monoisotopic (exact) mass is 529 g/mol. The minimum atomic E-state index is -0.671. The Labute approximate surface area is 221 Å². The number of carbonyl (C=O) groups is 2. The highest BCUT2D eigenvalue weighted by molar-refractivity contribution is 5.84. The SMILES string of the molecule is COCCOc1nc(N)c2nc(OC(=O)N(C)CCN(C)C(=O)OC(C)(C)C)n(Cc3ccccc3)c2n1. The minimum absolute atomic E-state index is 0.00348.